The smallest absolute Gasteiger partial charge is 0.277 e. The number of nitrogens with one attached hydrogen (secondary N) is 1. The maximum Gasteiger partial charge on any atom is 0.277 e. The van der Waals surface area contributed by atoms with Crippen LogP contribution in [0.25, 0.3) is 0 Å². The monoisotopic (exact) mass is 263 g/mol. The number of aromatic nitrogens is 2. The van der Waals surface area contributed by atoms with Gasteiger partial charge in [-0.1, -0.05) is 6.92 Å². The first-order chi connectivity index (χ1) is 9.00. The highest BCUT2D eigenvalue weighted by Crippen LogP contribution is 2.18. The van der Waals surface area contributed by atoms with Crippen molar-refractivity contribution < 1.29 is 4.79 Å². The summed E-state index contributed by atoms with van der Waals surface area (Å²) in [4.78, 5) is 26.2. The lowest BCUT2D eigenvalue weighted by molar-refractivity contribution is 0.0757. The molecule has 1 aromatic rings. The number of likely N-dealkylation sites (tertiary alicyclic amines) is 1. The molecule has 1 atom stereocenters. The molecular formula is C14H21N3O2. The largest absolute Gasteiger partial charge is 0.338 e. The minimum Gasteiger partial charge on any atom is -0.338 e. The highest BCUT2D eigenvalue weighted by Gasteiger charge is 2.24. The summed E-state index contributed by atoms with van der Waals surface area (Å²) in [7, 11) is 0. The maximum atomic E-state index is 12.5. The van der Waals surface area contributed by atoms with Crippen LogP contribution in [0, 0.1) is 19.8 Å². The van der Waals surface area contributed by atoms with Gasteiger partial charge in [-0.25, -0.2) is 5.10 Å². The van der Waals surface area contributed by atoms with E-state index in [1.807, 2.05) is 0 Å². The van der Waals surface area contributed by atoms with Gasteiger partial charge in [0, 0.05) is 13.1 Å². The van der Waals surface area contributed by atoms with Crippen molar-refractivity contribution in [3.8, 4) is 0 Å². The summed E-state index contributed by atoms with van der Waals surface area (Å²) < 4.78 is 0. The number of H-pyrrole nitrogens is 1. The van der Waals surface area contributed by atoms with E-state index in [4.69, 9.17) is 0 Å². The van der Waals surface area contributed by atoms with Crippen LogP contribution in [0.3, 0.4) is 0 Å². The predicted octanol–water partition coefficient (Wildman–Crippen LogP) is 1.65. The maximum absolute atomic E-state index is 12.5. The minimum absolute atomic E-state index is 0.154. The molecule has 104 valence electrons. The van der Waals surface area contributed by atoms with Crippen molar-refractivity contribution >= 4 is 5.91 Å². The number of hydrogen-bond donors (Lipinski definition) is 1. The Morgan fingerprint density at radius 1 is 1.32 bits per heavy atom. The predicted molar refractivity (Wildman–Crippen MR) is 73.3 cm³/mol. The van der Waals surface area contributed by atoms with E-state index in [-0.39, 0.29) is 17.0 Å². The van der Waals surface area contributed by atoms with Crippen LogP contribution in [0.1, 0.15) is 47.8 Å². The molecule has 1 saturated heterocycles. The summed E-state index contributed by atoms with van der Waals surface area (Å²) in [6, 6.07) is 0. The van der Waals surface area contributed by atoms with E-state index in [0.717, 1.165) is 32.4 Å². The SMILES string of the molecule is Cc1n[nH]c(=O)c(C(=O)N2CCC[C@H](C)CC2)c1C. The molecule has 0 bridgehead atoms. The van der Waals surface area contributed by atoms with Gasteiger partial charge in [-0.2, -0.15) is 5.10 Å². The fourth-order valence-electron chi connectivity index (χ4n) is 2.51. The standard InChI is InChI=1S/C14H21N3O2/c1-9-5-4-7-17(8-6-9)14(19)12-10(2)11(3)15-16-13(12)18/h9H,4-8H2,1-3H3,(H,16,18)/t9-/m0/s1. The van der Waals surface area contributed by atoms with E-state index < -0.39 is 0 Å². The first-order valence-electron chi connectivity index (χ1n) is 6.86. The molecule has 1 N–H and O–H groups in total. The quantitative estimate of drug-likeness (QED) is 0.837. The average molecular weight is 263 g/mol. The Morgan fingerprint density at radius 2 is 2.05 bits per heavy atom. The number of amides is 1. The number of carbonyl (C=O) groups is 1. The second-order valence-electron chi connectivity index (χ2n) is 5.47. The molecule has 1 aliphatic rings. The summed E-state index contributed by atoms with van der Waals surface area (Å²) >= 11 is 0. The number of nitrogens with zero attached hydrogens (tertiary/aromatic N) is 2. The molecule has 1 aromatic heterocycles. The van der Waals surface area contributed by atoms with Crippen molar-refractivity contribution in [2.45, 2.75) is 40.0 Å². The Morgan fingerprint density at radius 3 is 2.79 bits per heavy atom. The van der Waals surface area contributed by atoms with Crippen LogP contribution >= 0.6 is 0 Å². The van der Waals surface area contributed by atoms with Gasteiger partial charge in [-0.05, 0) is 44.6 Å². The van der Waals surface area contributed by atoms with Crippen LogP contribution < -0.4 is 5.56 Å². The second-order valence-corrected chi connectivity index (χ2v) is 5.47. The zero-order valence-electron chi connectivity index (χ0n) is 11.8. The number of hydrogen-bond acceptors (Lipinski definition) is 3. The van der Waals surface area contributed by atoms with Crippen molar-refractivity contribution in [3.05, 3.63) is 27.2 Å². The van der Waals surface area contributed by atoms with Crippen molar-refractivity contribution in [1.82, 2.24) is 15.1 Å². The summed E-state index contributed by atoms with van der Waals surface area (Å²) in [5.74, 6) is 0.495. The van der Waals surface area contributed by atoms with Crippen LogP contribution in [0.4, 0.5) is 0 Å². The van der Waals surface area contributed by atoms with Gasteiger partial charge in [0.05, 0.1) is 5.69 Å². The van der Waals surface area contributed by atoms with E-state index in [0.29, 0.717) is 17.2 Å². The Hall–Kier alpha value is -1.65. The lowest BCUT2D eigenvalue weighted by Crippen LogP contribution is -2.37. The van der Waals surface area contributed by atoms with Crippen LogP contribution in [0.15, 0.2) is 4.79 Å². The molecule has 0 radical (unpaired) electrons. The third-order valence-electron chi connectivity index (χ3n) is 3.99. The third-order valence-corrected chi connectivity index (χ3v) is 3.99. The molecule has 5 nitrogen and oxygen atoms in total. The molecular weight excluding hydrogens is 242 g/mol. The summed E-state index contributed by atoms with van der Waals surface area (Å²) in [6.07, 6.45) is 3.16. The van der Waals surface area contributed by atoms with E-state index >= 15 is 0 Å². The molecule has 1 aliphatic heterocycles. The number of carbonyl (C=O) groups excluding carboxylic acids is 1. The highest BCUT2D eigenvalue weighted by atomic mass is 16.2. The van der Waals surface area contributed by atoms with Crippen molar-refractivity contribution in [2.75, 3.05) is 13.1 Å². The van der Waals surface area contributed by atoms with Gasteiger partial charge in [0.1, 0.15) is 5.56 Å². The van der Waals surface area contributed by atoms with Gasteiger partial charge in [-0.15, -0.1) is 0 Å². The summed E-state index contributed by atoms with van der Waals surface area (Å²) in [5.41, 5.74) is 1.25. The van der Waals surface area contributed by atoms with Crippen molar-refractivity contribution in [3.63, 3.8) is 0 Å². The van der Waals surface area contributed by atoms with Gasteiger partial charge >= 0.3 is 0 Å². The molecule has 0 spiro atoms. The average Bonchev–Trinajstić information content (AvgIpc) is 2.59. The molecule has 0 unspecified atom stereocenters. The summed E-state index contributed by atoms with van der Waals surface area (Å²) in [5, 5.41) is 6.29. The minimum atomic E-state index is -0.384. The van der Waals surface area contributed by atoms with Gasteiger partial charge in [0.2, 0.25) is 0 Å². The first kappa shape index (κ1) is 13.8. The van der Waals surface area contributed by atoms with Gasteiger partial charge in [0.15, 0.2) is 0 Å². The fraction of sp³-hybridized carbons (Fsp3) is 0.643. The van der Waals surface area contributed by atoms with Crippen molar-refractivity contribution in [1.29, 1.82) is 0 Å². The third kappa shape index (κ3) is 2.85. The highest BCUT2D eigenvalue weighted by molar-refractivity contribution is 5.95. The first-order valence-corrected chi connectivity index (χ1v) is 6.86. The van der Waals surface area contributed by atoms with Crippen molar-refractivity contribution in [2.24, 2.45) is 5.92 Å². The van der Waals surface area contributed by atoms with Crippen LogP contribution in [-0.4, -0.2) is 34.1 Å². The normalized spacial score (nSPS) is 20.2. The molecule has 0 aliphatic carbocycles. The zero-order chi connectivity index (χ0) is 14.0. The van der Waals surface area contributed by atoms with E-state index in [1.54, 1.807) is 18.7 Å². The van der Waals surface area contributed by atoms with E-state index in [2.05, 4.69) is 17.1 Å². The van der Waals surface area contributed by atoms with Crippen LogP contribution in [0.2, 0.25) is 0 Å². The van der Waals surface area contributed by atoms with Crippen LogP contribution in [-0.2, 0) is 0 Å². The van der Waals surface area contributed by atoms with E-state index in [9.17, 15) is 9.59 Å². The van der Waals surface area contributed by atoms with Crippen LogP contribution in [0.5, 0.6) is 0 Å². The van der Waals surface area contributed by atoms with E-state index in [1.165, 1.54) is 0 Å². The second kappa shape index (κ2) is 5.55. The molecule has 1 amide bonds. The van der Waals surface area contributed by atoms with Gasteiger partial charge < -0.3 is 4.90 Å². The molecule has 0 aromatic carbocycles. The Labute approximate surface area is 113 Å². The Balaban J connectivity index is 2.29. The number of rotatable bonds is 1. The lowest BCUT2D eigenvalue weighted by Gasteiger charge is -2.21. The molecule has 0 saturated carbocycles. The lowest BCUT2D eigenvalue weighted by atomic mass is 10.0. The molecule has 1 fully saturated rings. The molecule has 2 rings (SSSR count). The molecule has 19 heavy (non-hydrogen) atoms. The molecule has 2 heterocycles. The zero-order valence-corrected chi connectivity index (χ0v) is 11.8. The fourth-order valence-corrected chi connectivity index (χ4v) is 2.51. The summed E-state index contributed by atoms with van der Waals surface area (Å²) in [6.45, 7) is 7.27. The van der Waals surface area contributed by atoms with Gasteiger partial charge in [0.25, 0.3) is 11.5 Å². The number of aromatic amines is 1. The van der Waals surface area contributed by atoms with Gasteiger partial charge in [-0.3, -0.25) is 9.59 Å². The Kier molecular flexibility index (Phi) is 4.02. The Bertz CT molecular complexity index is 536. The topological polar surface area (TPSA) is 66.1 Å². The molecule has 5 heteroatoms. The number of aryl methyl sites for hydroxylation is 1.